The number of sulfonamides is 1. The highest BCUT2D eigenvalue weighted by Gasteiger charge is 2.39. The summed E-state index contributed by atoms with van der Waals surface area (Å²) < 4.78 is 33.5. The number of aliphatic imine (C=N–C) groups is 1. The molecule has 0 radical (unpaired) electrons. The molecule has 1 aromatic carbocycles. The zero-order valence-corrected chi connectivity index (χ0v) is 21.4. The average Bonchev–Trinajstić information content (AvgIpc) is 3.48. The lowest BCUT2D eigenvalue weighted by atomic mass is 9.90. The van der Waals surface area contributed by atoms with Gasteiger partial charge in [0.2, 0.25) is 15.9 Å². The number of carbonyl (C=O) groups excluding carboxylic acids is 2. The van der Waals surface area contributed by atoms with Crippen molar-refractivity contribution in [1.82, 2.24) is 14.6 Å². The number of hydrazone groups is 1. The van der Waals surface area contributed by atoms with Crippen molar-refractivity contribution < 1.29 is 22.7 Å². The summed E-state index contributed by atoms with van der Waals surface area (Å²) >= 11 is 0. The predicted octanol–water partition coefficient (Wildman–Crippen LogP) is 1.43. The molecule has 3 heterocycles. The van der Waals surface area contributed by atoms with Crippen molar-refractivity contribution in [3.8, 4) is 0 Å². The number of benzene rings is 1. The second-order valence-electron chi connectivity index (χ2n) is 8.83. The topological polar surface area (TPSA) is 133 Å². The number of hydrogen-bond donors (Lipinski definition) is 2. The van der Waals surface area contributed by atoms with Gasteiger partial charge in [-0.25, -0.2) is 22.9 Å². The maximum atomic E-state index is 13.1. The summed E-state index contributed by atoms with van der Waals surface area (Å²) in [5.74, 6) is -1.89. The van der Waals surface area contributed by atoms with Crippen LogP contribution in [0.5, 0.6) is 0 Å². The fourth-order valence-electron chi connectivity index (χ4n) is 4.62. The van der Waals surface area contributed by atoms with Gasteiger partial charge in [-0.05, 0) is 62.2 Å². The number of esters is 1. The van der Waals surface area contributed by atoms with Crippen LogP contribution in [0, 0.1) is 0 Å². The van der Waals surface area contributed by atoms with Crippen LogP contribution in [0.25, 0.3) is 0 Å². The molecule has 192 valence electrons. The van der Waals surface area contributed by atoms with Crippen LogP contribution in [0.1, 0.15) is 31.2 Å². The van der Waals surface area contributed by atoms with Gasteiger partial charge in [0.1, 0.15) is 12.3 Å². The van der Waals surface area contributed by atoms with Crippen LogP contribution in [-0.4, -0.2) is 82.6 Å². The molecule has 0 aliphatic carbocycles. The summed E-state index contributed by atoms with van der Waals surface area (Å²) in [6.07, 6.45) is 3.57. The van der Waals surface area contributed by atoms with Gasteiger partial charge in [-0.15, -0.1) is 0 Å². The van der Waals surface area contributed by atoms with E-state index in [2.05, 4.69) is 31.6 Å². The molecule has 0 aromatic heterocycles. The molecule has 12 heteroatoms. The Morgan fingerprint density at radius 1 is 1.31 bits per heavy atom. The second-order valence-corrected chi connectivity index (χ2v) is 10.6. The van der Waals surface area contributed by atoms with Crippen molar-refractivity contribution in [3.63, 3.8) is 0 Å². The molecule has 36 heavy (non-hydrogen) atoms. The summed E-state index contributed by atoms with van der Waals surface area (Å²) in [4.78, 5) is 31.8. The minimum atomic E-state index is -3.79. The summed E-state index contributed by atoms with van der Waals surface area (Å²) in [5.41, 5.74) is 2.24. The van der Waals surface area contributed by atoms with Crippen LogP contribution in [0.4, 0.5) is 5.69 Å². The molecule has 4 rings (SSSR count). The lowest BCUT2D eigenvalue weighted by molar-refractivity contribution is -0.135. The molecule has 11 nitrogen and oxygen atoms in total. The van der Waals surface area contributed by atoms with E-state index in [9.17, 15) is 18.0 Å². The Morgan fingerprint density at radius 3 is 2.72 bits per heavy atom. The summed E-state index contributed by atoms with van der Waals surface area (Å²) in [5, 5.41) is 8.45. The van der Waals surface area contributed by atoms with Gasteiger partial charge in [-0.3, -0.25) is 9.80 Å². The predicted molar refractivity (Wildman–Crippen MR) is 136 cm³/mol. The van der Waals surface area contributed by atoms with E-state index in [1.807, 2.05) is 0 Å². The summed E-state index contributed by atoms with van der Waals surface area (Å²) in [7, 11) is -0.878. The van der Waals surface area contributed by atoms with E-state index in [4.69, 9.17) is 4.74 Å². The number of ether oxygens (including phenoxy) is 1. The molecular weight excluding hydrogens is 484 g/mol. The van der Waals surface area contributed by atoms with Crippen LogP contribution in [-0.2, 0) is 24.3 Å². The molecule has 3 aliphatic rings. The van der Waals surface area contributed by atoms with Crippen molar-refractivity contribution >= 4 is 39.6 Å². The first kappa shape index (κ1) is 25.7. The minimum absolute atomic E-state index is 0.0591. The van der Waals surface area contributed by atoms with Gasteiger partial charge in [-0.1, -0.05) is 6.58 Å². The number of carbonyl (C=O) groups is 2. The summed E-state index contributed by atoms with van der Waals surface area (Å²) in [6.45, 7) is 8.38. The first-order valence-electron chi connectivity index (χ1n) is 11.6. The number of anilines is 1. The fourth-order valence-corrected chi connectivity index (χ4v) is 5.68. The van der Waals surface area contributed by atoms with Crippen molar-refractivity contribution in [1.29, 1.82) is 0 Å². The van der Waals surface area contributed by atoms with E-state index in [0.29, 0.717) is 41.3 Å². The zero-order valence-electron chi connectivity index (χ0n) is 20.6. The Kier molecular flexibility index (Phi) is 7.38. The quantitative estimate of drug-likeness (QED) is 0.396. The van der Waals surface area contributed by atoms with Crippen molar-refractivity contribution in [3.05, 3.63) is 47.2 Å². The number of methoxy groups -OCH3 is 1. The van der Waals surface area contributed by atoms with Gasteiger partial charge in [0, 0.05) is 25.8 Å². The Hall–Kier alpha value is -3.35. The standard InChI is InChI=1S/C24H30N6O5S/c1-15(16(2)24(32)35-4)22-21(25-14-26-29(22)3)20-18-13-17(7-8-19(18)28-23(20)31)36(33,34)27-9-12-30-10-5-6-11-30/h7-8,13-14,20,27H,2,5-6,9-12H2,1,3-4H3,(H,28,31)/b22-15-. The van der Waals surface area contributed by atoms with E-state index in [1.165, 1.54) is 30.6 Å². The smallest absolute Gasteiger partial charge is 0.337 e. The second kappa shape index (κ2) is 10.3. The Labute approximate surface area is 210 Å². The molecular formula is C24H30N6O5S. The zero-order chi connectivity index (χ0) is 26.0. The Bertz CT molecular complexity index is 1290. The highest BCUT2D eigenvalue weighted by Crippen LogP contribution is 2.38. The van der Waals surface area contributed by atoms with Crippen LogP contribution in [0.2, 0.25) is 0 Å². The number of nitrogens with one attached hydrogen (secondary N) is 2. The lowest BCUT2D eigenvalue weighted by Crippen LogP contribution is -2.33. The number of fused-ring (bicyclic) bond motifs is 1. The third kappa shape index (κ3) is 4.97. The highest BCUT2D eigenvalue weighted by molar-refractivity contribution is 7.89. The van der Waals surface area contributed by atoms with E-state index in [-0.39, 0.29) is 16.4 Å². The van der Waals surface area contributed by atoms with E-state index < -0.39 is 21.9 Å². The van der Waals surface area contributed by atoms with Gasteiger partial charge in [-0.2, -0.15) is 5.10 Å². The van der Waals surface area contributed by atoms with Crippen molar-refractivity contribution in [2.75, 3.05) is 45.7 Å². The van der Waals surface area contributed by atoms with Crippen molar-refractivity contribution in [2.45, 2.75) is 30.6 Å². The molecule has 0 bridgehead atoms. The first-order chi connectivity index (χ1) is 17.1. The highest BCUT2D eigenvalue weighted by atomic mass is 32.2. The summed E-state index contributed by atoms with van der Waals surface area (Å²) in [6, 6.07) is 4.54. The lowest BCUT2D eigenvalue weighted by Gasteiger charge is -2.27. The van der Waals surface area contributed by atoms with Gasteiger partial charge in [0.05, 0.1) is 29.0 Å². The number of amides is 1. The maximum absolute atomic E-state index is 13.1. The number of hydrogen-bond acceptors (Lipinski definition) is 9. The van der Waals surface area contributed by atoms with Crippen molar-refractivity contribution in [2.24, 2.45) is 10.1 Å². The third-order valence-electron chi connectivity index (χ3n) is 6.58. The SMILES string of the molecule is C=C(C(=O)OC)/C(C)=C1/C(C2C(=O)Nc3ccc(S(=O)(=O)NCCN4CCCC4)cc32)=NC=NN1C. The molecule has 2 N–H and O–H groups in total. The van der Waals surface area contributed by atoms with Crippen LogP contribution in [0.15, 0.2) is 56.6 Å². The van der Waals surface area contributed by atoms with Crippen LogP contribution >= 0.6 is 0 Å². The van der Waals surface area contributed by atoms with Crippen LogP contribution in [0.3, 0.4) is 0 Å². The maximum Gasteiger partial charge on any atom is 0.337 e. The Morgan fingerprint density at radius 2 is 2.03 bits per heavy atom. The van der Waals surface area contributed by atoms with Gasteiger partial charge >= 0.3 is 5.97 Å². The molecule has 1 aromatic rings. The van der Waals surface area contributed by atoms with Gasteiger partial charge in [0.25, 0.3) is 0 Å². The largest absolute Gasteiger partial charge is 0.465 e. The molecule has 1 saturated heterocycles. The molecule has 1 amide bonds. The monoisotopic (exact) mass is 514 g/mol. The molecule has 1 atom stereocenters. The molecule has 1 unspecified atom stereocenters. The number of rotatable bonds is 8. The first-order valence-corrected chi connectivity index (χ1v) is 13.1. The normalized spacial score (nSPS) is 21.2. The van der Waals surface area contributed by atoms with Crippen LogP contribution < -0.4 is 10.0 Å². The third-order valence-corrected chi connectivity index (χ3v) is 8.04. The van der Waals surface area contributed by atoms with E-state index in [0.717, 1.165) is 25.9 Å². The van der Waals surface area contributed by atoms with E-state index in [1.54, 1.807) is 20.0 Å². The van der Waals surface area contributed by atoms with Gasteiger partial charge < -0.3 is 15.0 Å². The molecule has 1 fully saturated rings. The number of likely N-dealkylation sites (tertiary alicyclic amines) is 1. The fraction of sp³-hybridized carbons (Fsp3) is 0.417. The molecule has 0 spiro atoms. The Balaban J connectivity index is 1.66. The average molecular weight is 515 g/mol. The molecule has 3 aliphatic heterocycles. The van der Waals surface area contributed by atoms with E-state index >= 15 is 0 Å². The van der Waals surface area contributed by atoms with Gasteiger partial charge in [0.15, 0.2) is 0 Å². The molecule has 0 saturated carbocycles. The number of allylic oxidation sites excluding steroid dienone is 1. The number of nitrogens with zero attached hydrogens (tertiary/aromatic N) is 4. The minimum Gasteiger partial charge on any atom is -0.465 e.